The number of hydrogen-bond acceptors (Lipinski definition) is 6. The second kappa shape index (κ2) is 7.13. The first-order chi connectivity index (χ1) is 13.1. The number of nitrogens with zero attached hydrogens (tertiary/aromatic N) is 6. The summed E-state index contributed by atoms with van der Waals surface area (Å²) in [5.41, 5.74) is -0.706. The van der Waals surface area contributed by atoms with Crippen molar-refractivity contribution >= 4 is 17.6 Å². The molecular formula is C17H21F3N8. The first-order valence-corrected chi connectivity index (χ1v) is 8.62. The van der Waals surface area contributed by atoms with Gasteiger partial charge in [0.05, 0.1) is 5.69 Å². The van der Waals surface area contributed by atoms with Crippen molar-refractivity contribution in [2.75, 3.05) is 17.2 Å². The van der Waals surface area contributed by atoms with Gasteiger partial charge in [-0.1, -0.05) is 0 Å². The molecule has 150 valence electrons. The van der Waals surface area contributed by atoms with Crippen LogP contribution in [0.1, 0.15) is 32.0 Å². The predicted molar refractivity (Wildman–Crippen MR) is 98.3 cm³/mol. The van der Waals surface area contributed by atoms with Crippen LogP contribution in [0.4, 0.5) is 30.8 Å². The van der Waals surface area contributed by atoms with E-state index in [1.54, 1.807) is 35.6 Å². The third-order valence-electron chi connectivity index (χ3n) is 4.26. The van der Waals surface area contributed by atoms with E-state index in [9.17, 15) is 13.2 Å². The lowest BCUT2D eigenvalue weighted by Crippen LogP contribution is -2.28. The molecule has 3 aromatic heterocycles. The van der Waals surface area contributed by atoms with Gasteiger partial charge in [-0.15, -0.1) is 0 Å². The maximum absolute atomic E-state index is 13.1. The van der Waals surface area contributed by atoms with Crippen molar-refractivity contribution in [3.63, 3.8) is 0 Å². The Kier molecular flexibility index (Phi) is 5.01. The Balaban J connectivity index is 1.90. The molecule has 0 aliphatic rings. The molecule has 3 rings (SSSR count). The van der Waals surface area contributed by atoms with E-state index in [1.165, 1.54) is 0 Å². The summed E-state index contributed by atoms with van der Waals surface area (Å²) in [6.07, 6.45) is -0.257. The van der Waals surface area contributed by atoms with E-state index >= 15 is 0 Å². The number of anilines is 3. The molecule has 8 nitrogen and oxygen atoms in total. The zero-order valence-electron chi connectivity index (χ0n) is 15.9. The maximum Gasteiger partial charge on any atom is 0.421 e. The monoisotopic (exact) mass is 394 g/mol. The number of alkyl halides is 3. The van der Waals surface area contributed by atoms with Gasteiger partial charge in [0.25, 0.3) is 0 Å². The van der Waals surface area contributed by atoms with Crippen LogP contribution in [0.15, 0.2) is 30.7 Å². The molecule has 0 bridgehead atoms. The minimum absolute atomic E-state index is 0.0374. The van der Waals surface area contributed by atoms with Crippen LogP contribution < -0.4 is 10.6 Å². The highest BCUT2D eigenvalue weighted by Crippen LogP contribution is 2.34. The van der Waals surface area contributed by atoms with Gasteiger partial charge in [0.1, 0.15) is 22.7 Å². The summed E-state index contributed by atoms with van der Waals surface area (Å²) in [5.74, 6) is 0.305. The highest BCUT2D eigenvalue weighted by molar-refractivity contribution is 5.54. The SMILES string of the molecule is CCNc1nc(Nc2cc(C(C)(C)n3cccn3)nn2C)ncc1C(F)(F)F. The number of hydrogen-bond donors (Lipinski definition) is 2. The summed E-state index contributed by atoms with van der Waals surface area (Å²) in [6, 6.07) is 3.61. The molecule has 28 heavy (non-hydrogen) atoms. The van der Waals surface area contributed by atoms with Crippen molar-refractivity contribution in [1.82, 2.24) is 29.5 Å². The Hall–Kier alpha value is -3.11. The zero-order chi connectivity index (χ0) is 20.5. The highest BCUT2D eigenvalue weighted by atomic mass is 19.4. The average Bonchev–Trinajstić information content (AvgIpc) is 3.26. The molecule has 0 amide bonds. The first-order valence-electron chi connectivity index (χ1n) is 8.62. The van der Waals surface area contributed by atoms with E-state index in [0.717, 1.165) is 11.9 Å². The minimum Gasteiger partial charge on any atom is -0.370 e. The van der Waals surface area contributed by atoms with E-state index in [1.807, 2.05) is 26.1 Å². The van der Waals surface area contributed by atoms with E-state index in [2.05, 4.69) is 30.8 Å². The van der Waals surface area contributed by atoms with Crippen molar-refractivity contribution in [2.45, 2.75) is 32.5 Å². The molecule has 0 atom stereocenters. The lowest BCUT2D eigenvalue weighted by molar-refractivity contribution is -0.137. The predicted octanol–water partition coefficient (Wildman–Crippen LogP) is 3.38. The molecule has 0 saturated carbocycles. The van der Waals surface area contributed by atoms with Gasteiger partial charge in [-0.25, -0.2) is 4.98 Å². The Morgan fingerprint density at radius 3 is 2.57 bits per heavy atom. The van der Waals surface area contributed by atoms with Crippen molar-refractivity contribution in [1.29, 1.82) is 0 Å². The molecule has 0 saturated heterocycles. The molecule has 11 heteroatoms. The van der Waals surface area contributed by atoms with Crippen LogP contribution >= 0.6 is 0 Å². The normalized spacial score (nSPS) is 12.2. The highest BCUT2D eigenvalue weighted by Gasteiger charge is 2.35. The molecule has 3 heterocycles. The molecule has 0 aliphatic carbocycles. The van der Waals surface area contributed by atoms with Gasteiger partial charge in [0.15, 0.2) is 0 Å². The molecule has 0 spiro atoms. The smallest absolute Gasteiger partial charge is 0.370 e. The van der Waals surface area contributed by atoms with Crippen LogP contribution in [0, 0.1) is 0 Å². The lowest BCUT2D eigenvalue weighted by atomic mass is 10.0. The largest absolute Gasteiger partial charge is 0.421 e. The Morgan fingerprint density at radius 2 is 1.96 bits per heavy atom. The van der Waals surface area contributed by atoms with Crippen LogP contribution in [-0.2, 0) is 18.8 Å². The zero-order valence-corrected chi connectivity index (χ0v) is 15.9. The number of halogens is 3. The summed E-state index contributed by atoms with van der Waals surface area (Å²) in [4.78, 5) is 7.78. The van der Waals surface area contributed by atoms with E-state index in [-0.39, 0.29) is 11.8 Å². The van der Waals surface area contributed by atoms with Gasteiger partial charge in [-0.2, -0.15) is 28.4 Å². The number of nitrogens with one attached hydrogen (secondary N) is 2. The fourth-order valence-electron chi connectivity index (χ4n) is 2.67. The Labute approximate surface area is 159 Å². The van der Waals surface area contributed by atoms with Crippen LogP contribution in [-0.4, -0.2) is 36.1 Å². The lowest BCUT2D eigenvalue weighted by Gasteiger charge is -2.22. The van der Waals surface area contributed by atoms with Gasteiger partial charge in [0.2, 0.25) is 5.95 Å². The Bertz CT molecular complexity index is 944. The van der Waals surface area contributed by atoms with Crippen LogP contribution in [0.3, 0.4) is 0 Å². The summed E-state index contributed by atoms with van der Waals surface area (Å²) >= 11 is 0. The number of aryl methyl sites for hydroxylation is 1. The third kappa shape index (κ3) is 3.78. The molecule has 0 fully saturated rings. The Morgan fingerprint density at radius 1 is 1.21 bits per heavy atom. The van der Waals surface area contributed by atoms with Gasteiger partial charge in [-0.3, -0.25) is 9.36 Å². The molecule has 0 aliphatic heterocycles. The minimum atomic E-state index is -4.54. The molecule has 0 radical (unpaired) electrons. The van der Waals surface area contributed by atoms with Crippen LogP contribution in [0.5, 0.6) is 0 Å². The topological polar surface area (TPSA) is 85.5 Å². The summed E-state index contributed by atoms with van der Waals surface area (Å²) in [7, 11) is 1.72. The van der Waals surface area contributed by atoms with Crippen LogP contribution in [0.25, 0.3) is 0 Å². The molecule has 3 aromatic rings. The second-order valence-electron chi connectivity index (χ2n) is 6.66. The maximum atomic E-state index is 13.1. The molecule has 0 unspecified atom stereocenters. The number of rotatable bonds is 6. The fraction of sp³-hybridized carbons (Fsp3) is 0.412. The summed E-state index contributed by atoms with van der Waals surface area (Å²) < 4.78 is 42.7. The standard InChI is InChI=1S/C17H21F3N8/c1-5-21-14-11(17(18,19)20)10-22-15(25-14)24-13-9-12(26-27(13)4)16(2,3)28-8-6-7-23-28/h6-10H,5H2,1-4H3,(H2,21,22,24,25). The fourth-order valence-corrected chi connectivity index (χ4v) is 2.67. The van der Waals surface area contributed by atoms with E-state index in [4.69, 9.17) is 0 Å². The van der Waals surface area contributed by atoms with Crippen LogP contribution in [0.2, 0.25) is 0 Å². The number of aromatic nitrogens is 6. The van der Waals surface area contributed by atoms with Gasteiger partial charge in [0, 0.05) is 38.2 Å². The van der Waals surface area contributed by atoms with Crippen molar-refractivity contribution in [3.8, 4) is 0 Å². The third-order valence-corrected chi connectivity index (χ3v) is 4.26. The molecular weight excluding hydrogens is 373 g/mol. The van der Waals surface area contributed by atoms with Crippen molar-refractivity contribution in [2.24, 2.45) is 7.05 Å². The second-order valence-corrected chi connectivity index (χ2v) is 6.66. The van der Waals surface area contributed by atoms with Crippen molar-refractivity contribution < 1.29 is 13.2 Å². The van der Waals surface area contributed by atoms with E-state index < -0.39 is 17.3 Å². The van der Waals surface area contributed by atoms with Crippen molar-refractivity contribution in [3.05, 3.63) is 42.0 Å². The first kappa shape index (κ1) is 19.6. The summed E-state index contributed by atoms with van der Waals surface area (Å²) in [6.45, 7) is 5.92. The quantitative estimate of drug-likeness (QED) is 0.667. The van der Waals surface area contributed by atoms with E-state index in [0.29, 0.717) is 12.4 Å². The van der Waals surface area contributed by atoms with Gasteiger partial charge < -0.3 is 10.6 Å². The summed E-state index contributed by atoms with van der Waals surface area (Å²) in [5, 5.41) is 14.3. The van der Waals surface area contributed by atoms with Gasteiger partial charge in [-0.05, 0) is 26.8 Å². The van der Waals surface area contributed by atoms with Gasteiger partial charge >= 0.3 is 6.18 Å². The molecule has 2 N–H and O–H groups in total. The average molecular weight is 394 g/mol. The molecule has 0 aromatic carbocycles.